The zero-order valence-corrected chi connectivity index (χ0v) is 20.4. The highest BCUT2D eigenvalue weighted by molar-refractivity contribution is 6.06. The average molecular weight is 492 g/mol. The van der Waals surface area contributed by atoms with Crippen molar-refractivity contribution in [2.75, 3.05) is 5.32 Å². The molecule has 0 aliphatic carbocycles. The van der Waals surface area contributed by atoms with Crippen molar-refractivity contribution in [3.8, 4) is 0 Å². The van der Waals surface area contributed by atoms with Crippen molar-refractivity contribution in [3.63, 3.8) is 0 Å². The number of hydrogen-bond donors (Lipinski definition) is 2. The predicted octanol–water partition coefficient (Wildman–Crippen LogP) is 6.32. The summed E-state index contributed by atoms with van der Waals surface area (Å²) in [5, 5.41) is 6.72. The van der Waals surface area contributed by atoms with Crippen LogP contribution in [-0.4, -0.2) is 16.4 Å². The van der Waals surface area contributed by atoms with E-state index in [1.165, 1.54) is 24.3 Å². The minimum atomic E-state index is -0.397. The van der Waals surface area contributed by atoms with Crippen LogP contribution in [0.5, 0.6) is 0 Å². The van der Waals surface area contributed by atoms with Crippen LogP contribution in [0.4, 0.5) is 10.1 Å². The third-order valence-corrected chi connectivity index (χ3v) is 6.22. The van der Waals surface area contributed by atoms with Crippen LogP contribution in [0.25, 0.3) is 10.9 Å². The van der Waals surface area contributed by atoms with Gasteiger partial charge < -0.3 is 15.2 Å². The molecule has 5 nitrogen and oxygen atoms in total. The molecule has 0 radical (unpaired) electrons. The van der Waals surface area contributed by atoms with E-state index in [0.717, 1.165) is 27.6 Å². The fraction of sp³-hybridized carbons (Fsp3) is 0.0968. The van der Waals surface area contributed by atoms with Gasteiger partial charge >= 0.3 is 0 Å². The Labute approximate surface area is 214 Å². The van der Waals surface area contributed by atoms with Crippen LogP contribution in [-0.2, 0) is 13.1 Å². The molecule has 6 heteroatoms. The summed E-state index contributed by atoms with van der Waals surface area (Å²) in [5.74, 6) is -0.907. The molecule has 5 rings (SSSR count). The second-order valence-electron chi connectivity index (χ2n) is 9.01. The Morgan fingerprint density at radius 2 is 1.54 bits per heavy atom. The van der Waals surface area contributed by atoms with E-state index in [4.69, 9.17) is 0 Å². The molecule has 184 valence electrons. The summed E-state index contributed by atoms with van der Waals surface area (Å²) >= 11 is 0. The first-order chi connectivity index (χ1) is 18.0. The normalized spacial score (nSPS) is 10.9. The van der Waals surface area contributed by atoms with Crippen molar-refractivity contribution < 1.29 is 14.0 Å². The maximum absolute atomic E-state index is 13.3. The summed E-state index contributed by atoms with van der Waals surface area (Å²) in [7, 11) is 0. The van der Waals surface area contributed by atoms with Crippen LogP contribution in [0.2, 0.25) is 0 Å². The Hall–Kier alpha value is -4.71. The molecule has 2 N–H and O–H groups in total. The quantitative estimate of drug-likeness (QED) is 0.280. The first-order valence-corrected chi connectivity index (χ1v) is 12.0. The molecule has 4 aromatic carbocycles. The number of anilines is 1. The van der Waals surface area contributed by atoms with Crippen molar-refractivity contribution in [3.05, 3.63) is 137 Å². The Balaban J connectivity index is 1.46. The zero-order chi connectivity index (χ0) is 25.8. The first-order valence-electron chi connectivity index (χ1n) is 12.0. The number of rotatable bonds is 7. The Kier molecular flexibility index (Phi) is 6.81. The largest absolute Gasteiger partial charge is 0.347 e. The minimum Gasteiger partial charge on any atom is -0.347 e. The molecule has 0 spiro atoms. The SMILES string of the molecule is Cc1cccc(Cn2c(C(=O)NCc3ccccc3)cc3cc(NC(=O)c4ccc(F)cc4)ccc32)c1. The van der Waals surface area contributed by atoms with Gasteiger partial charge in [-0.05, 0) is 66.6 Å². The van der Waals surface area contributed by atoms with Gasteiger partial charge in [0.25, 0.3) is 11.8 Å². The van der Waals surface area contributed by atoms with Gasteiger partial charge in [-0.25, -0.2) is 4.39 Å². The summed E-state index contributed by atoms with van der Waals surface area (Å²) in [6, 6.07) is 30.8. The van der Waals surface area contributed by atoms with Gasteiger partial charge in [0.15, 0.2) is 0 Å². The van der Waals surface area contributed by atoms with E-state index >= 15 is 0 Å². The third-order valence-electron chi connectivity index (χ3n) is 6.22. The van der Waals surface area contributed by atoms with Gasteiger partial charge in [-0.2, -0.15) is 0 Å². The monoisotopic (exact) mass is 491 g/mol. The molecule has 0 aliphatic rings. The highest BCUT2D eigenvalue weighted by Crippen LogP contribution is 2.26. The highest BCUT2D eigenvalue weighted by atomic mass is 19.1. The molecule has 5 aromatic rings. The topological polar surface area (TPSA) is 63.1 Å². The summed E-state index contributed by atoms with van der Waals surface area (Å²) in [4.78, 5) is 25.9. The van der Waals surface area contributed by atoms with Gasteiger partial charge in [0.1, 0.15) is 11.5 Å². The van der Waals surface area contributed by atoms with Gasteiger partial charge in [-0.1, -0.05) is 60.2 Å². The lowest BCUT2D eigenvalue weighted by atomic mass is 10.1. The Morgan fingerprint density at radius 1 is 0.784 bits per heavy atom. The van der Waals surface area contributed by atoms with Gasteiger partial charge in [0, 0.05) is 35.2 Å². The van der Waals surface area contributed by atoms with Crippen molar-refractivity contribution in [2.24, 2.45) is 0 Å². The minimum absolute atomic E-state index is 0.176. The molecule has 2 amide bonds. The summed E-state index contributed by atoms with van der Waals surface area (Å²) < 4.78 is 15.2. The number of halogens is 1. The number of aryl methyl sites for hydroxylation is 1. The van der Waals surface area contributed by atoms with Crippen LogP contribution in [0, 0.1) is 12.7 Å². The smallest absolute Gasteiger partial charge is 0.268 e. The van der Waals surface area contributed by atoms with Crippen LogP contribution >= 0.6 is 0 Å². The lowest BCUT2D eigenvalue weighted by Gasteiger charge is -2.12. The van der Waals surface area contributed by atoms with E-state index in [1.54, 1.807) is 0 Å². The van der Waals surface area contributed by atoms with Crippen LogP contribution in [0.15, 0.2) is 103 Å². The Bertz CT molecular complexity index is 1570. The number of aromatic nitrogens is 1. The number of carbonyl (C=O) groups excluding carboxylic acids is 2. The van der Waals surface area contributed by atoms with E-state index in [1.807, 2.05) is 84.3 Å². The Morgan fingerprint density at radius 3 is 2.30 bits per heavy atom. The molecule has 0 unspecified atom stereocenters. The van der Waals surface area contributed by atoms with Crippen molar-refractivity contribution in [2.45, 2.75) is 20.0 Å². The summed E-state index contributed by atoms with van der Waals surface area (Å²) in [6.45, 7) is 2.99. The van der Waals surface area contributed by atoms with Gasteiger partial charge in [0.2, 0.25) is 0 Å². The number of nitrogens with zero attached hydrogens (tertiary/aromatic N) is 1. The van der Waals surface area contributed by atoms with E-state index < -0.39 is 5.82 Å². The lowest BCUT2D eigenvalue weighted by molar-refractivity contribution is 0.0941. The molecule has 0 bridgehead atoms. The number of benzene rings is 4. The molecule has 0 saturated heterocycles. The van der Waals surface area contributed by atoms with Gasteiger partial charge in [-0.15, -0.1) is 0 Å². The van der Waals surface area contributed by atoms with Crippen LogP contribution < -0.4 is 10.6 Å². The van der Waals surface area contributed by atoms with Crippen molar-refractivity contribution >= 4 is 28.4 Å². The fourth-order valence-corrected chi connectivity index (χ4v) is 4.37. The van der Waals surface area contributed by atoms with E-state index in [-0.39, 0.29) is 11.8 Å². The fourth-order valence-electron chi connectivity index (χ4n) is 4.37. The zero-order valence-electron chi connectivity index (χ0n) is 20.4. The predicted molar refractivity (Wildman–Crippen MR) is 144 cm³/mol. The van der Waals surface area contributed by atoms with E-state index in [9.17, 15) is 14.0 Å². The summed E-state index contributed by atoms with van der Waals surface area (Å²) in [5.41, 5.74) is 5.62. The van der Waals surface area contributed by atoms with Crippen molar-refractivity contribution in [1.82, 2.24) is 9.88 Å². The lowest BCUT2D eigenvalue weighted by Crippen LogP contribution is -2.25. The number of hydrogen-bond acceptors (Lipinski definition) is 2. The average Bonchev–Trinajstić information content (AvgIpc) is 3.25. The van der Waals surface area contributed by atoms with E-state index in [2.05, 4.69) is 16.7 Å². The molecule has 37 heavy (non-hydrogen) atoms. The number of nitrogens with one attached hydrogen (secondary N) is 2. The molecular weight excluding hydrogens is 465 g/mol. The maximum atomic E-state index is 13.3. The summed E-state index contributed by atoms with van der Waals surface area (Å²) in [6.07, 6.45) is 0. The number of amides is 2. The van der Waals surface area contributed by atoms with Crippen LogP contribution in [0.1, 0.15) is 37.5 Å². The second kappa shape index (κ2) is 10.5. The number of carbonyl (C=O) groups is 2. The molecule has 0 fully saturated rings. The molecule has 0 aliphatic heterocycles. The number of fused-ring (bicyclic) bond motifs is 1. The first kappa shape index (κ1) is 24.0. The highest BCUT2D eigenvalue weighted by Gasteiger charge is 2.17. The van der Waals surface area contributed by atoms with Crippen LogP contribution in [0.3, 0.4) is 0 Å². The van der Waals surface area contributed by atoms with Gasteiger partial charge in [0.05, 0.1) is 0 Å². The standard InChI is InChI=1S/C31H26FN3O2/c1-21-6-5-9-23(16-21)20-35-28-15-14-27(34-30(36)24-10-12-26(32)13-11-24)17-25(28)18-29(35)31(37)33-19-22-7-3-2-4-8-22/h2-18H,19-20H2,1H3,(H,33,37)(H,34,36). The molecular formula is C31H26FN3O2. The maximum Gasteiger partial charge on any atom is 0.268 e. The van der Waals surface area contributed by atoms with E-state index in [0.29, 0.717) is 30.0 Å². The van der Waals surface area contributed by atoms with Crippen molar-refractivity contribution in [1.29, 1.82) is 0 Å². The molecule has 0 saturated carbocycles. The molecule has 0 atom stereocenters. The molecule has 1 heterocycles. The third kappa shape index (κ3) is 5.59. The molecule has 1 aromatic heterocycles. The second-order valence-corrected chi connectivity index (χ2v) is 9.01. The van der Waals surface area contributed by atoms with Gasteiger partial charge in [-0.3, -0.25) is 9.59 Å².